The van der Waals surface area contributed by atoms with Gasteiger partial charge < -0.3 is 0 Å². The van der Waals surface area contributed by atoms with Gasteiger partial charge in [0.1, 0.15) is 0 Å². The summed E-state index contributed by atoms with van der Waals surface area (Å²) in [5.41, 5.74) is 0. The molecule has 0 aliphatic rings. The maximum absolute atomic E-state index is 2.41. The van der Waals surface area contributed by atoms with E-state index in [0.29, 0.717) is 0 Å². The van der Waals surface area contributed by atoms with Crippen molar-refractivity contribution in [3.63, 3.8) is 0 Å². The van der Waals surface area contributed by atoms with E-state index in [0.717, 1.165) is 17.8 Å². The molecule has 0 fully saturated rings. The molecule has 84 valence electrons. The molecule has 0 amide bonds. The molecule has 0 aliphatic heterocycles. The maximum atomic E-state index is 2.41. The van der Waals surface area contributed by atoms with Gasteiger partial charge in [-0.1, -0.05) is 53.2 Å². The standard InChI is InChI=1S/C14H28/c1-6-8-9-10-11-13(4)14(5)12(3)7-2/h8-9,12-14H,6-7,10-11H2,1-5H3. The van der Waals surface area contributed by atoms with Crippen molar-refractivity contribution >= 4 is 0 Å². The van der Waals surface area contributed by atoms with Crippen LogP contribution < -0.4 is 0 Å². The van der Waals surface area contributed by atoms with Crippen molar-refractivity contribution in [3.8, 4) is 0 Å². The topological polar surface area (TPSA) is 0 Å². The average molecular weight is 196 g/mol. The summed E-state index contributed by atoms with van der Waals surface area (Å²) in [6, 6.07) is 0. The quantitative estimate of drug-likeness (QED) is 0.500. The summed E-state index contributed by atoms with van der Waals surface area (Å²) in [6.45, 7) is 11.7. The van der Waals surface area contributed by atoms with Crippen LogP contribution in [-0.2, 0) is 0 Å². The molecule has 0 spiro atoms. The van der Waals surface area contributed by atoms with E-state index in [1.165, 1.54) is 25.7 Å². The Morgan fingerprint density at radius 1 is 0.929 bits per heavy atom. The molecule has 0 aliphatic carbocycles. The third kappa shape index (κ3) is 5.47. The zero-order chi connectivity index (χ0) is 11.0. The molecule has 0 heterocycles. The fourth-order valence-corrected chi connectivity index (χ4v) is 1.84. The Balaban J connectivity index is 3.72. The predicted octanol–water partition coefficient (Wildman–Crippen LogP) is 5.05. The van der Waals surface area contributed by atoms with Gasteiger partial charge in [0.05, 0.1) is 0 Å². The monoisotopic (exact) mass is 196 g/mol. The Morgan fingerprint density at radius 3 is 2.07 bits per heavy atom. The van der Waals surface area contributed by atoms with Gasteiger partial charge in [0.2, 0.25) is 0 Å². The van der Waals surface area contributed by atoms with Crippen molar-refractivity contribution < 1.29 is 0 Å². The van der Waals surface area contributed by atoms with Gasteiger partial charge in [-0.05, 0) is 37.0 Å². The molecule has 0 rings (SSSR count). The molecule has 0 radical (unpaired) electrons. The van der Waals surface area contributed by atoms with Crippen LogP contribution in [0.2, 0.25) is 0 Å². The molecule has 0 saturated heterocycles. The van der Waals surface area contributed by atoms with Crippen LogP contribution in [0.5, 0.6) is 0 Å². The van der Waals surface area contributed by atoms with Gasteiger partial charge in [0.15, 0.2) is 0 Å². The highest BCUT2D eigenvalue weighted by atomic mass is 14.2. The summed E-state index contributed by atoms with van der Waals surface area (Å²) in [5.74, 6) is 2.61. The van der Waals surface area contributed by atoms with Gasteiger partial charge in [-0.25, -0.2) is 0 Å². The van der Waals surface area contributed by atoms with Crippen molar-refractivity contribution in [2.45, 2.75) is 60.3 Å². The number of hydrogen-bond acceptors (Lipinski definition) is 0. The predicted molar refractivity (Wildman–Crippen MR) is 66.4 cm³/mol. The minimum Gasteiger partial charge on any atom is -0.0888 e. The number of allylic oxidation sites excluding steroid dienone is 2. The zero-order valence-corrected chi connectivity index (χ0v) is 10.7. The Morgan fingerprint density at radius 2 is 1.57 bits per heavy atom. The smallest absolute Gasteiger partial charge is 0.0348 e. The second kappa shape index (κ2) is 8.08. The molecule has 3 atom stereocenters. The Hall–Kier alpha value is -0.260. The van der Waals surface area contributed by atoms with Crippen LogP contribution in [0.4, 0.5) is 0 Å². The first-order valence-electron chi connectivity index (χ1n) is 6.28. The highest BCUT2D eigenvalue weighted by Gasteiger charge is 2.16. The third-order valence-electron chi connectivity index (χ3n) is 3.63. The third-order valence-corrected chi connectivity index (χ3v) is 3.63. The lowest BCUT2D eigenvalue weighted by molar-refractivity contribution is 0.261. The fraction of sp³-hybridized carbons (Fsp3) is 0.857. The van der Waals surface area contributed by atoms with Crippen LogP contribution >= 0.6 is 0 Å². The molecule has 0 nitrogen and oxygen atoms in total. The molecule has 0 heteroatoms. The van der Waals surface area contributed by atoms with E-state index in [1.807, 2.05) is 0 Å². The summed E-state index contributed by atoms with van der Waals surface area (Å²) in [7, 11) is 0. The summed E-state index contributed by atoms with van der Waals surface area (Å²) >= 11 is 0. The van der Waals surface area contributed by atoms with E-state index in [4.69, 9.17) is 0 Å². The first kappa shape index (κ1) is 13.7. The van der Waals surface area contributed by atoms with Gasteiger partial charge in [0.25, 0.3) is 0 Å². The number of rotatable bonds is 7. The van der Waals surface area contributed by atoms with Gasteiger partial charge in [-0.2, -0.15) is 0 Å². The normalized spacial score (nSPS) is 18.4. The summed E-state index contributed by atoms with van der Waals surface area (Å²) < 4.78 is 0. The largest absolute Gasteiger partial charge is 0.0888 e. The van der Waals surface area contributed by atoms with Crippen LogP contribution in [0, 0.1) is 17.8 Å². The van der Waals surface area contributed by atoms with E-state index in [2.05, 4.69) is 46.8 Å². The van der Waals surface area contributed by atoms with Crippen LogP contribution in [0.3, 0.4) is 0 Å². The van der Waals surface area contributed by atoms with E-state index in [9.17, 15) is 0 Å². The first-order chi connectivity index (χ1) is 6.63. The van der Waals surface area contributed by atoms with Crippen molar-refractivity contribution in [1.29, 1.82) is 0 Å². The van der Waals surface area contributed by atoms with E-state index >= 15 is 0 Å². The fourth-order valence-electron chi connectivity index (χ4n) is 1.84. The molecular formula is C14H28. The highest BCUT2D eigenvalue weighted by Crippen LogP contribution is 2.26. The lowest BCUT2D eigenvalue weighted by Crippen LogP contribution is -2.15. The molecule has 0 saturated carbocycles. The van der Waals surface area contributed by atoms with Gasteiger partial charge >= 0.3 is 0 Å². The van der Waals surface area contributed by atoms with E-state index < -0.39 is 0 Å². The molecule has 0 bridgehead atoms. The van der Waals surface area contributed by atoms with Crippen molar-refractivity contribution in [2.24, 2.45) is 17.8 Å². The van der Waals surface area contributed by atoms with Crippen molar-refractivity contribution in [1.82, 2.24) is 0 Å². The SMILES string of the molecule is CCC=CCCC(C)C(C)C(C)CC. The van der Waals surface area contributed by atoms with Crippen LogP contribution in [0.25, 0.3) is 0 Å². The van der Waals surface area contributed by atoms with Crippen LogP contribution in [0.15, 0.2) is 12.2 Å². The van der Waals surface area contributed by atoms with Crippen LogP contribution in [-0.4, -0.2) is 0 Å². The molecule has 0 N–H and O–H groups in total. The summed E-state index contributed by atoms with van der Waals surface area (Å²) in [4.78, 5) is 0. The van der Waals surface area contributed by atoms with E-state index in [-0.39, 0.29) is 0 Å². The molecular weight excluding hydrogens is 168 g/mol. The van der Waals surface area contributed by atoms with Gasteiger partial charge in [0, 0.05) is 0 Å². The van der Waals surface area contributed by atoms with Gasteiger partial charge in [-0.3, -0.25) is 0 Å². The summed E-state index contributed by atoms with van der Waals surface area (Å²) in [5, 5.41) is 0. The molecule has 14 heavy (non-hydrogen) atoms. The molecule has 0 aromatic carbocycles. The van der Waals surface area contributed by atoms with Crippen LogP contribution in [0.1, 0.15) is 60.3 Å². The Labute approximate surface area is 90.8 Å². The van der Waals surface area contributed by atoms with Crippen molar-refractivity contribution in [3.05, 3.63) is 12.2 Å². The first-order valence-corrected chi connectivity index (χ1v) is 6.28. The minimum atomic E-state index is 0.867. The molecule has 3 unspecified atom stereocenters. The lowest BCUT2D eigenvalue weighted by atomic mass is 9.81. The second-order valence-corrected chi connectivity index (χ2v) is 4.68. The zero-order valence-electron chi connectivity index (χ0n) is 10.7. The Kier molecular flexibility index (Phi) is 7.93. The number of hydrogen-bond donors (Lipinski definition) is 0. The highest BCUT2D eigenvalue weighted by molar-refractivity contribution is 4.81. The molecule has 0 aromatic rings. The summed E-state index contributed by atoms with van der Waals surface area (Å²) in [6.07, 6.45) is 9.71. The van der Waals surface area contributed by atoms with Crippen molar-refractivity contribution in [2.75, 3.05) is 0 Å². The Bertz CT molecular complexity index is 146. The second-order valence-electron chi connectivity index (χ2n) is 4.68. The molecule has 0 aromatic heterocycles. The minimum absolute atomic E-state index is 0.867. The lowest BCUT2D eigenvalue weighted by Gasteiger charge is -2.24. The average Bonchev–Trinajstić information content (AvgIpc) is 2.21. The van der Waals surface area contributed by atoms with Gasteiger partial charge in [-0.15, -0.1) is 0 Å². The van der Waals surface area contributed by atoms with E-state index in [1.54, 1.807) is 0 Å². The maximum Gasteiger partial charge on any atom is -0.0348 e.